The quantitative estimate of drug-likeness (QED) is 0.493. The minimum atomic E-state index is -2.56. The van der Waals surface area contributed by atoms with E-state index in [0.29, 0.717) is 11.1 Å². The van der Waals surface area contributed by atoms with Crippen LogP contribution in [0.4, 0.5) is 13.2 Å². The van der Waals surface area contributed by atoms with Gasteiger partial charge in [-0.3, -0.25) is 0 Å². The molecule has 0 N–H and O–H groups in total. The van der Waals surface area contributed by atoms with Gasteiger partial charge in [0.25, 0.3) is 0 Å². The van der Waals surface area contributed by atoms with Crippen molar-refractivity contribution >= 4 is 0 Å². The lowest BCUT2D eigenvalue weighted by atomic mass is 9.33. The second-order valence-electron chi connectivity index (χ2n) is 9.54. The smallest absolute Gasteiger partial charge is 0.226 e. The van der Waals surface area contributed by atoms with Crippen LogP contribution in [-0.2, 0) is 0 Å². The zero-order valence-electron chi connectivity index (χ0n) is 14.6. The minimum absolute atomic E-state index is 0.427. The fourth-order valence-corrected chi connectivity index (χ4v) is 4.49. The maximum absolute atomic E-state index is 15.3. The van der Waals surface area contributed by atoms with Gasteiger partial charge in [-0.2, -0.15) is 0 Å². The molecule has 2 rings (SSSR count). The maximum atomic E-state index is 15.3. The summed E-state index contributed by atoms with van der Waals surface area (Å²) in [5, 5.41) is 0. The van der Waals surface area contributed by atoms with Crippen molar-refractivity contribution in [2.75, 3.05) is 0 Å². The molecule has 0 unspecified atom stereocenters. The van der Waals surface area contributed by atoms with Crippen LogP contribution < -0.4 is 0 Å². The summed E-state index contributed by atoms with van der Waals surface area (Å²) in [4.78, 5) is 0. The van der Waals surface area contributed by atoms with Crippen molar-refractivity contribution in [1.29, 1.82) is 0 Å². The van der Waals surface area contributed by atoms with Crippen molar-refractivity contribution < 1.29 is 13.2 Å². The molecule has 0 bridgehead atoms. The van der Waals surface area contributed by atoms with E-state index in [0.717, 1.165) is 0 Å². The number of rotatable bonds is 0. The van der Waals surface area contributed by atoms with Crippen LogP contribution in [0.3, 0.4) is 0 Å². The van der Waals surface area contributed by atoms with E-state index < -0.39 is 39.0 Å². The molecule has 0 aromatic rings. The first-order chi connectivity index (χ1) is 9.05. The van der Waals surface area contributed by atoms with Gasteiger partial charge in [-0.25, -0.2) is 13.2 Å². The molecule has 0 spiro atoms. The van der Waals surface area contributed by atoms with Gasteiger partial charge in [0.05, 0.1) is 5.41 Å². The first-order valence-electron chi connectivity index (χ1n) is 7.57. The van der Waals surface area contributed by atoms with Crippen LogP contribution in [0.2, 0.25) is 0 Å². The Bertz CT molecular complexity index is 519. The third kappa shape index (κ3) is 1.53. The minimum Gasteiger partial charge on any atom is -0.227 e. The van der Waals surface area contributed by atoms with Gasteiger partial charge in [-0.15, -0.1) is 0 Å². The summed E-state index contributed by atoms with van der Waals surface area (Å²) in [6, 6.07) is 0. The first-order valence-corrected chi connectivity index (χ1v) is 7.57. The molecule has 0 amide bonds. The normalized spacial score (nSPS) is 33.7. The van der Waals surface area contributed by atoms with Crippen LogP contribution in [0, 0.1) is 21.7 Å². The second kappa shape index (κ2) is 3.78. The van der Waals surface area contributed by atoms with Crippen molar-refractivity contribution in [3.8, 4) is 0 Å². The molecule has 0 aromatic heterocycles. The standard InChI is InChI=1S/C18H27F3/c1-14(2,3)10-12(19)18(21)13(20)11(15(4,5)6)17(10,18)16(7,8)9/h1-9H3. The molecule has 0 radical (unpaired) electrons. The van der Waals surface area contributed by atoms with Gasteiger partial charge < -0.3 is 0 Å². The number of hydrogen-bond acceptors (Lipinski definition) is 0. The summed E-state index contributed by atoms with van der Waals surface area (Å²) in [6.45, 7) is 16.8. The van der Waals surface area contributed by atoms with Crippen LogP contribution in [0.1, 0.15) is 62.3 Å². The van der Waals surface area contributed by atoms with E-state index in [1.807, 2.05) is 62.3 Å². The summed E-state index contributed by atoms with van der Waals surface area (Å²) in [5.74, 6) is -1.81. The largest absolute Gasteiger partial charge is 0.227 e. The van der Waals surface area contributed by atoms with Crippen molar-refractivity contribution in [2.24, 2.45) is 21.7 Å². The van der Waals surface area contributed by atoms with Crippen molar-refractivity contribution in [2.45, 2.75) is 68.0 Å². The lowest BCUT2D eigenvalue weighted by Gasteiger charge is -2.71. The van der Waals surface area contributed by atoms with E-state index in [4.69, 9.17) is 0 Å². The molecule has 0 fully saturated rings. The molecule has 2 aliphatic rings. The highest BCUT2D eigenvalue weighted by atomic mass is 19.2. The van der Waals surface area contributed by atoms with Gasteiger partial charge in [0, 0.05) is 0 Å². The Kier molecular flexibility index (Phi) is 2.99. The van der Waals surface area contributed by atoms with Gasteiger partial charge in [0.2, 0.25) is 5.67 Å². The SMILES string of the molecule is CC(C)(C)C1=C(F)C2(F)C(F)=C(C(C)(C)C)C12C(C)(C)C. The molecule has 21 heavy (non-hydrogen) atoms. The highest BCUT2D eigenvalue weighted by Gasteiger charge is 2.84. The number of hydrogen-bond donors (Lipinski definition) is 0. The Morgan fingerprint density at radius 3 is 1.14 bits per heavy atom. The fourth-order valence-electron chi connectivity index (χ4n) is 4.49. The highest BCUT2D eigenvalue weighted by Crippen LogP contribution is 2.82. The number of halogens is 3. The van der Waals surface area contributed by atoms with Gasteiger partial charge >= 0.3 is 0 Å². The summed E-state index contributed by atoms with van der Waals surface area (Å²) >= 11 is 0. The second-order valence-corrected chi connectivity index (χ2v) is 9.54. The van der Waals surface area contributed by atoms with E-state index in [1.54, 1.807) is 0 Å². The Labute approximate surface area is 126 Å². The molecule has 0 heterocycles. The lowest BCUT2D eigenvalue weighted by molar-refractivity contribution is -0.113. The Morgan fingerprint density at radius 1 is 0.667 bits per heavy atom. The fraction of sp³-hybridized carbons (Fsp3) is 0.778. The first kappa shape index (κ1) is 16.6. The molecule has 2 aliphatic carbocycles. The van der Waals surface area contributed by atoms with Crippen LogP contribution in [0.5, 0.6) is 0 Å². The summed E-state index contributed by atoms with van der Waals surface area (Å²) in [6.07, 6.45) is 0. The highest BCUT2D eigenvalue weighted by molar-refractivity contribution is 5.69. The predicted molar refractivity (Wildman–Crippen MR) is 80.9 cm³/mol. The zero-order valence-corrected chi connectivity index (χ0v) is 14.6. The van der Waals surface area contributed by atoms with Crippen LogP contribution in [-0.4, -0.2) is 5.67 Å². The van der Waals surface area contributed by atoms with E-state index in [2.05, 4.69) is 0 Å². The Balaban J connectivity index is 2.84. The summed E-state index contributed by atoms with van der Waals surface area (Å²) in [7, 11) is 0. The summed E-state index contributed by atoms with van der Waals surface area (Å²) in [5.41, 5.74) is -4.55. The van der Waals surface area contributed by atoms with E-state index in [-0.39, 0.29) is 0 Å². The number of alkyl halides is 1. The average molecular weight is 300 g/mol. The molecular formula is C18H27F3. The van der Waals surface area contributed by atoms with Crippen LogP contribution in [0.25, 0.3) is 0 Å². The van der Waals surface area contributed by atoms with Gasteiger partial charge in [0.15, 0.2) is 0 Å². The number of allylic oxidation sites excluding steroid dienone is 4. The predicted octanol–water partition coefficient (Wildman–Crippen LogP) is 6.29. The zero-order chi connectivity index (χ0) is 16.8. The lowest BCUT2D eigenvalue weighted by Crippen LogP contribution is -2.73. The Morgan fingerprint density at radius 2 is 0.952 bits per heavy atom. The van der Waals surface area contributed by atoms with E-state index >= 15 is 4.39 Å². The molecule has 3 heteroatoms. The maximum Gasteiger partial charge on any atom is 0.226 e. The third-order valence-electron chi connectivity index (χ3n) is 4.94. The molecule has 120 valence electrons. The topological polar surface area (TPSA) is 0 Å². The van der Waals surface area contributed by atoms with Gasteiger partial charge in [-0.1, -0.05) is 62.3 Å². The van der Waals surface area contributed by atoms with Crippen LogP contribution >= 0.6 is 0 Å². The van der Waals surface area contributed by atoms with E-state index in [9.17, 15) is 8.78 Å². The molecule has 0 nitrogen and oxygen atoms in total. The van der Waals surface area contributed by atoms with Gasteiger partial charge in [-0.05, 0) is 27.4 Å². The third-order valence-corrected chi connectivity index (χ3v) is 4.94. The molecule has 0 saturated carbocycles. The summed E-state index contributed by atoms with van der Waals surface area (Å²) < 4.78 is 44.5. The molecule has 0 aliphatic heterocycles. The number of fused-ring (bicyclic) bond motifs is 1. The monoisotopic (exact) mass is 300 g/mol. The average Bonchev–Trinajstić information content (AvgIpc) is 2.20. The molecule has 0 saturated heterocycles. The van der Waals surface area contributed by atoms with Crippen molar-refractivity contribution in [3.05, 3.63) is 22.8 Å². The van der Waals surface area contributed by atoms with Gasteiger partial charge in [0.1, 0.15) is 11.7 Å². The molecule has 0 atom stereocenters. The van der Waals surface area contributed by atoms with Crippen molar-refractivity contribution in [3.63, 3.8) is 0 Å². The molecular weight excluding hydrogens is 273 g/mol. The van der Waals surface area contributed by atoms with E-state index in [1.165, 1.54) is 0 Å². The molecule has 0 aromatic carbocycles. The van der Waals surface area contributed by atoms with Crippen LogP contribution in [0.15, 0.2) is 22.8 Å². The Hall–Kier alpha value is -0.730. The van der Waals surface area contributed by atoms with Crippen molar-refractivity contribution in [1.82, 2.24) is 0 Å².